The summed E-state index contributed by atoms with van der Waals surface area (Å²) < 4.78 is 3.24. The number of para-hydroxylation sites is 1. The maximum absolute atomic E-state index is 13.1. The highest BCUT2D eigenvalue weighted by atomic mass is 32.2. The molecule has 0 spiro atoms. The maximum Gasteiger partial charge on any atom is 0.295 e. The van der Waals surface area contributed by atoms with Crippen molar-refractivity contribution < 1.29 is 9.59 Å². The molecule has 0 bridgehead atoms. The highest BCUT2D eigenvalue weighted by Crippen LogP contribution is 2.25. The van der Waals surface area contributed by atoms with Gasteiger partial charge >= 0.3 is 0 Å². The van der Waals surface area contributed by atoms with Gasteiger partial charge in [0.1, 0.15) is 5.69 Å². The van der Waals surface area contributed by atoms with Gasteiger partial charge in [0.05, 0.1) is 22.7 Å². The molecule has 3 rings (SSSR count). The molecule has 8 heteroatoms. The first-order valence-corrected chi connectivity index (χ1v) is 12.0. The van der Waals surface area contributed by atoms with Crippen LogP contribution < -0.4 is 10.9 Å². The number of likely N-dealkylation sites (N-methyl/N-ethyl adjacent to an activating group) is 1. The Hall–Kier alpha value is -3.52. The van der Waals surface area contributed by atoms with Crippen molar-refractivity contribution >= 4 is 29.3 Å². The first-order chi connectivity index (χ1) is 16.2. The molecule has 0 radical (unpaired) electrons. The van der Waals surface area contributed by atoms with Crippen molar-refractivity contribution in [2.24, 2.45) is 7.05 Å². The number of anilines is 1. The topological polar surface area (TPSA) is 76.3 Å². The third kappa shape index (κ3) is 5.51. The Bertz CT molecular complexity index is 1260. The Morgan fingerprint density at radius 3 is 2.38 bits per heavy atom. The number of hydrogen-bond donors (Lipinski definition) is 1. The summed E-state index contributed by atoms with van der Waals surface area (Å²) in [7, 11) is 1.78. The number of thioether (sulfide) groups is 1. The molecular weight excluding hydrogens is 448 g/mol. The molecule has 0 saturated heterocycles. The van der Waals surface area contributed by atoms with E-state index in [4.69, 9.17) is 0 Å². The Labute approximate surface area is 204 Å². The van der Waals surface area contributed by atoms with Crippen molar-refractivity contribution in [1.82, 2.24) is 14.3 Å². The monoisotopic (exact) mass is 478 g/mol. The lowest BCUT2D eigenvalue weighted by Crippen LogP contribution is -2.32. The number of carbonyl (C=O) groups excluding carboxylic acids is 2. The highest BCUT2D eigenvalue weighted by Gasteiger charge is 2.20. The van der Waals surface area contributed by atoms with Crippen LogP contribution in [-0.4, -0.2) is 44.9 Å². The van der Waals surface area contributed by atoms with Gasteiger partial charge in [0.2, 0.25) is 5.91 Å². The van der Waals surface area contributed by atoms with Crippen LogP contribution in [0.25, 0.3) is 5.69 Å². The maximum atomic E-state index is 13.1. The Morgan fingerprint density at radius 2 is 1.74 bits per heavy atom. The van der Waals surface area contributed by atoms with E-state index < -0.39 is 0 Å². The summed E-state index contributed by atoms with van der Waals surface area (Å²) in [6, 6.07) is 16.5. The summed E-state index contributed by atoms with van der Waals surface area (Å²) in [5.74, 6) is -0.345. The summed E-state index contributed by atoms with van der Waals surface area (Å²) in [6.07, 6.45) is 0. The van der Waals surface area contributed by atoms with Gasteiger partial charge in [-0.15, -0.1) is 11.8 Å². The zero-order valence-electron chi connectivity index (χ0n) is 20.0. The van der Waals surface area contributed by atoms with E-state index in [1.54, 1.807) is 29.6 Å². The fourth-order valence-electron chi connectivity index (χ4n) is 3.62. The van der Waals surface area contributed by atoms with Crippen molar-refractivity contribution in [2.75, 3.05) is 24.2 Å². The average molecular weight is 479 g/mol. The first-order valence-electron chi connectivity index (χ1n) is 11.0. The Kier molecular flexibility index (Phi) is 8.17. The molecule has 178 valence electrons. The van der Waals surface area contributed by atoms with Gasteiger partial charge in [-0.05, 0) is 45.0 Å². The Morgan fingerprint density at radius 1 is 1.09 bits per heavy atom. The number of benzene rings is 2. The molecular formula is C26H30N4O3S. The number of nitrogens with zero attached hydrogens (tertiary/aromatic N) is 3. The van der Waals surface area contributed by atoms with Gasteiger partial charge in [-0.25, -0.2) is 4.68 Å². The van der Waals surface area contributed by atoms with Crippen molar-refractivity contribution in [3.8, 4) is 5.69 Å². The molecule has 0 atom stereocenters. The lowest BCUT2D eigenvalue weighted by Gasteiger charge is -2.22. The van der Waals surface area contributed by atoms with Gasteiger partial charge in [-0.3, -0.25) is 19.1 Å². The number of nitrogens with one attached hydrogen (secondary N) is 1. The number of carbonyl (C=O) groups is 2. The molecule has 0 saturated carbocycles. The molecule has 1 heterocycles. The number of rotatable bonds is 9. The molecule has 2 amide bonds. The summed E-state index contributed by atoms with van der Waals surface area (Å²) >= 11 is 1.27. The molecule has 34 heavy (non-hydrogen) atoms. The molecule has 2 aromatic carbocycles. The van der Waals surface area contributed by atoms with Gasteiger partial charge in [0, 0.05) is 25.0 Å². The van der Waals surface area contributed by atoms with E-state index in [-0.39, 0.29) is 28.8 Å². The molecule has 0 fully saturated rings. The first kappa shape index (κ1) is 25.1. The second kappa shape index (κ2) is 11.1. The van der Waals surface area contributed by atoms with Gasteiger partial charge in [0.15, 0.2) is 0 Å². The van der Waals surface area contributed by atoms with Crippen LogP contribution in [0.2, 0.25) is 0 Å². The van der Waals surface area contributed by atoms with Gasteiger partial charge < -0.3 is 10.2 Å². The Balaban J connectivity index is 1.76. The lowest BCUT2D eigenvalue weighted by atomic mass is 10.2. The summed E-state index contributed by atoms with van der Waals surface area (Å²) in [6.45, 7) is 10.5. The lowest BCUT2D eigenvalue weighted by molar-refractivity contribution is -0.113. The van der Waals surface area contributed by atoms with Crippen LogP contribution >= 0.6 is 11.8 Å². The van der Waals surface area contributed by atoms with Crippen LogP contribution in [0.4, 0.5) is 5.69 Å². The van der Waals surface area contributed by atoms with Crippen molar-refractivity contribution in [2.45, 2.75) is 25.7 Å². The van der Waals surface area contributed by atoms with Crippen LogP contribution in [-0.2, 0) is 11.8 Å². The van der Waals surface area contributed by atoms with E-state index in [9.17, 15) is 14.4 Å². The van der Waals surface area contributed by atoms with Crippen LogP contribution in [0.3, 0.4) is 0 Å². The van der Waals surface area contributed by atoms with Gasteiger partial charge in [-0.1, -0.05) is 42.5 Å². The molecule has 1 N–H and O–H groups in total. The number of hydrogen-bond acceptors (Lipinski definition) is 4. The van der Waals surface area contributed by atoms with Gasteiger partial charge in [0.25, 0.3) is 11.5 Å². The molecule has 0 aliphatic rings. The normalized spacial score (nSPS) is 10.7. The van der Waals surface area contributed by atoms with Crippen molar-refractivity contribution in [3.05, 3.63) is 88.4 Å². The standard InChI is InChI=1S/C26H30N4O3S/c1-6-29(16-18(2)3)25(32)21-14-10-11-15-22(21)34-17-23(31)27-24-19(4)28(5)30(26(24)33)20-12-8-7-9-13-20/h7-15H,2,6,16-17H2,1,3-5H3,(H,27,31). The number of aromatic nitrogens is 2. The minimum absolute atomic E-state index is 0.0655. The van der Waals surface area contributed by atoms with Crippen LogP contribution in [0, 0.1) is 6.92 Å². The fraction of sp³-hybridized carbons (Fsp3) is 0.269. The minimum Gasteiger partial charge on any atom is -0.335 e. The quantitative estimate of drug-likeness (QED) is 0.368. The minimum atomic E-state index is -0.312. The van der Waals surface area contributed by atoms with Crippen molar-refractivity contribution in [3.63, 3.8) is 0 Å². The molecule has 7 nitrogen and oxygen atoms in total. The van der Waals surface area contributed by atoms with E-state index in [0.29, 0.717) is 29.2 Å². The van der Waals surface area contributed by atoms with E-state index in [2.05, 4.69) is 11.9 Å². The van der Waals surface area contributed by atoms with E-state index in [1.807, 2.05) is 62.4 Å². The summed E-state index contributed by atoms with van der Waals surface area (Å²) in [5.41, 5.74) is 2.78. The second-order valence-corrected chi connectivity index (χ2v) is 9.06. The predicted molar refractivity (Wildman–Crippen MR) is 138 cm³/mol. The predicted octanol–water partition coefficient (Wildman–Crippen LogP) is 4.25. The van der Waals surface area contributed by atoms with Crippen LogP contribution in [0.15, 0.2) is 76.4 Å². The van der Waals surface area contributed by atoms with Crippen LogP contribution in [0.1, 0.15) is 29.9 Å². The molecule has 0 aliphatic heterocycles. The number of amides is 2. The zero-order chi connectivity index (χ0) is 24.8. The molecule has 0 unspecified atom stereocenters. The van der Waals surface area contributed by atoms with Gasteiger partial charge in [-0.2, -0.15) is 0 Å². The smallest absolute Gasteiger partial charge is 0.295 e. The van der Waals surface area contributed by atoms with Crippen LogP contribution in [0.5, 0.6) is 0 Å². The van der Waals surface area contributed by atoms with Crippen molar-refractivity contribution in [1.29, 1.82) is 0 Å². The third-order valence-electron chi connectivity index (χ3n) is 5.42. The zero-order valence-corrected chi connectivity index (χ0v) is 20.8. The summed E-state index contributed by atoms with van der Waals surface area (Å²) in [5, 5.41) is 2.77. The van der Waals surface area contributed by atoms with E-state index >= 15 is 0 Å². The van der Waals surface area contributed by atoms with E-state index in [0.717, 1.165) is 11.3 Å². The average Bonchev–Trinajstić information content (AvgIpc) is 3.04. The fourth-order valence-corrected chi connectivity index (χ4v) is 4.47. The SMILES string of the molecule is C=C(C)CN(CC)C(=O)c1ccccc1SCC(=O)Nc1c(C)n(C)n(-c2ccccc2)c1=O. The van der Waals surface area contributed by atoms with E-state index in [1.165, 1.54) is 16.4 Å². The summed E-state index contributed by atoms with van der Waals surface area (Å²) in [4.78, 5) is 41.3. The molecule has 0 aliphatic carbocycles. The molecule has 3 aromatic rings. The third-order valence-corrected chi connectivity index (χ3v) is 6.50. The second-order valence-electron chi connectivity index (χ2n) is 8.05. The largest absolute Gasteiger partial charge is 0.335 e. The highest BCUT2D eigenvalue weighted by molar-refractivity contribution is 8.00. The molecule has 1 aromatic heterocycles.